The fraction of sp³-hybridized carbons (Fsp3) is 0.238. The Morgan fingerprint density at radius 1 is 1.17 bits per heavy atom. The van der Waals surface area contributed by atoms with Gasteiger partial charge in [-0.3, -0.25) is 14.5 Å². The molecule has 6 nitrogen and oxygen atoms in total. The lowest BCUT2D eigenvalue weighted by Crippen LogP contribution is -2.46. The summed E-state index contributed by atoms with van der Waals surface area (Å²) in [7, 11) is 0. The van der Waals surface area contributed by atoms with Gasteiger partial charge in [-0.05, 0) is 30.2 Å². The smallest absolute Gasteiger partial charge is 0.271 e. The van der Waals surface area contributed by atoms with Crippen molar-refractivity contribution in [3.05, 3.63) is 59.1 Å². The Bertz CT molecular complexity index is 1050. The Morgan fingerprint density at radius 2 is 1.90 bits per heavy atom. The molecule has 0 saturated heterocycles. The third kappa shape index (κ3) is 3.80. The third-order valence-corrected chi connectivity index (χ3v) is 5.94. The summed E-state index contributed by atoms with van der Waals surface area (Å²) in [6.45, 7) is 3.96. The van der Waals surface area contributed by atoms with Crippen molar-refractivity contribution in [2.75, 3.05) is 11.1 Å². The van der Waals surface area contributed by atoms with E-state index in [2.05, 4.69) is 10.3 Å². The summed E-state index contributed by atoms with van der Waals surface area (Å²) in [6, 6.07) is 14.2. The number of fused-ring (bicyclic) bond motifs is 3. The predicted molar refractivity (Wildman–Crippen MR) is 118 cm³/mol. The van der Waals surface area contributed by atoms with E-state index in [1.807, 2.05) is 49.1 Å². The molecule has 0 bridgehead atoms. The molecule has 2 aromatic carbocycles. The number of anilines is 1. The first-order valence-electron chi connectivity index (χ1n) is 9.22. The largest absolute Gasteiger partial charge is 0.324 e. The molecule has 1 N–H and O–H groups in total. The highest BCUT2D eigenvalue weighted by Crippen LogP contribution is 2.35. The van der Waals surface area contributed by atoms with E-state index < -0.39 is 6.04 Å². The van der Waals surface area contributed by atoms with Crippen LogP contribution < -0.4 is 5.32 Å². The van der Waals surface area contributed by atoms with Gasteiger partial charge in [-0.2, -0.15) is 4.99 Å². The highest BCUT2D eigenvalue weighted by Gasteiger charge is 2.43. The second-order valence-corrected chi connectivity index (χ2v) is 8.41. The SMILES string of the molecule is CC(C)C1C(=O)N=C2c3ccccc3N=C(SCC(=O)Nc3ccccc3Cl)N21. The number of thioether (sulfide) groups is 1. The molecule has 148 valence electrons. The van der Waals surface area contributed by atoms with Gasteiger partial charge in [0.1, 0.15) is 11.9 Å². The molecule has 2 aromatic rings. The van der Waals surface area contributed by atoms with Gasteiger partial charge >= 0.3 is 0 Å². The van der Waals surface area contributed by atoms with Crippen LogP contribution in [0.3, 0.4) is 0 Å². The summed E-state index contributed by atoms with van der Waals surface area (Å²) in [5, 5.41) is 3.89. The van der Waals surface area contributed by atoms with Gasteiger partial charge in [0.15, 0.2) is 5.17 Å². The van der Waals surface area contributed by atoms with E-state index in [1.54, 1.807) is 18.2 Å². The van der Waals surface area contributed by atoms with Gasteiger partial charge in [-0.25, -0.2) is 4.99 Å². The molecule has 2 aliphatic heterocycles. The van der Waals surface area contributed by atoms with Gasteiger partial charge in [0, 0.05) is 5.56 Å². The molecule has 0 spiro atoms. The summed E-state index contributed by atoms with van der Waals surface area (Å²) < 4.78 is 0. The number of nitrogens with zero attached hydrogens (tertiary/aromatic N) is 3. The Morgan fingerprint density at radius 3 is 2.66 bits per heavy atom. The Balaban J connectivity index is 1.58. The standard InChI is InChI=1S/C21H19ClN4O2S/c1-12(2)18-20(28)25-19-13-7-3-5-9-15(13)24-21(26(18)19)29-11-17(27)23-16-10-6-4-8-14(16)22/h3-10,12,18H,11H2,1-2H3,(H,23,27). The molecule has 8 heteroatoms. The molecule has 0 aliphatic carbocycles. The van der Waals surface area contributed by atoms with Gasteiger partial charge in [0.2, 0.25) is 5.91 Å². The minimum absolute atomic E-state index is 0.0526. The molecule has 0 radical (unpaired) electrons. The van der Waals surface area contributed by atoms with E-state index >= 15 is 0 Å². The Kier molecular flexibility index (Phi) is 5.43. The zero-order chi connectivity index (χ0) is 20.5. The van der Waals surface area contributed by atoms with Crippen molar-refractivity contribution in [1.82, 2.24) is 4.90 Å². The number of para-hydroxylation sites is 2. The number of carbonyl (C=O) groups excluding carboxylic acids is 2. The molecule has 2 heterocycles. The van der Waals surface area contributed by atoms with Crippen LogP contribution in [0.1, 0.15) is 19.4 Å². The van der Waals surface area contributed by atoms with Crippen LogP contribution in [0, 0.1) is 5.92 Å². The second kappa shape index (κ2) is 8.00. The normalized spacial score (nSPS) is 17.6. The van der Waals surface area contributed by atoms with E-state index in [0.29, 0.717) is 21.7 Å². The van der Waals surface area contributed by atoms with Crippen molar-refractivity contribution in [2.45, 2.75) is 19.9 Å². The zero-order valence-electron chi connectivity index (χ0n) is 15.9. The number of hydrogen-bond acceptors (Lipinski definition) is 5. The molecule has 4 rings (SSSR count). The van der Waals surface area contributed by atoms with Crippen LogP contribution in [0.2, 0.25) is 5.02 Å². The lowest BCUT2D eigenvalue weighted by Gasteiger charge is -2.32. The van der Waals surface area contributed by atoms with Crippen LogP contribution in [0.15, 0.2) is 58.5 Å². The molecular weight excluding hydrogens is 408 g/mol. The van der Waals surface area contributed by atoms with Crippen LogP contribution in [0.4, 0.5) is 11.4 Å². The molecule has 2 aliphatic rings. The van der Waals surface area contributed by atoms with Crippen molar-refractivity contribution >= 4 is 57.6 Å². The van der Waals surface area contributed by atoms with Crippen LogP contribution in [-0.2, 0) is 9.59 Å². The second-order valence-electron chi connectivity index (χ2n) is 7.06. The quantitative estimate of drug-likeness (QED) is 0.789. The van der Waals surface area contributed by atoms with E-state index in [9.17, 15) is 9.59 Å². The highest BCUT2D eigenvalue weighted by molar-refractivity contribution is 8.14. The molecule has 1 unspecified atom stereocenters. The number of carbonyl (C=O) groups is 2. The number of amidine groups is 2. The maximum absolute atomic E-state index is 12.6. The topological polar surface area (TPSA) is 74.1 Å². The van der Waals surface area contributed by atoms with Gasteiger partial charge in [0.05, 0.1) is 22.2 Å². The molecule has 2 amide bonds. The first-order chi connectivity index (χ1) is 14.0. The first kappa shape index (κ1) is 19.7. The van der Waals surface area contributed by atoms with Gasteiger partial charge in [-0.1, -0.05) is 61.5 Å². The van der Waals surface area contributed by atoms with Crippen LogP contribution in [0.5, 0.6) is 0 Å². The van der Waals surface area contributed by atoms with Gasteiger partial charge in [0.25, 0.3) is 5.91 Å². The summed E-state index contributed by atoms with van der Waals surface area (Å²) in [6.07, 6.45) is 0. The van der Waals surface area contributed by atoms with Gasteiger partial charge in [-0.15, -0.1) is 0 Å². The van der Waals surface area contributed by atoms with Crippen LogP contribution >= 0.6 is 23.4 Å². The lowest BCUT2D eigenvalue weighted by molar-refractivity contribution is -0.120. The molecule has 1 atom stereocenters. The molecule has 0 aromatic heterocycles. The maximum atomic E-state index is 12.6. The van der Waals surface area contributed by atoms with Crippen LogP contribution in [0.25, 0.3) is 0 Å². The Hall–Kier alpha value is -2.64. The number of benzene rings is 2. The minimum Gasteiger partial charge on any atom is -0.324 e. The van der Waals surface area contributed by atoms with Crippen molar-refractivity contribution < 1.29 is 9.59 Å². The molecular formula is C21H19ClN4O2S. The number of rotatable bonds is 4. The number of hydrogen-bond donors (Lipinski definition) is 1. The fourth-order valence-corrected chi connectivity index (χ4v) is 4.36. The first-order valence-corrected chi connectivity index (χ1v) is 10.6. The van der Waals surface area contributed by atoms with Gasteiger partial charge < -0.3 is 5.32 Å². The maximum Gasteiger partial charge on any atom is 0.271 e. The monoisotopic (exact) mass is 426 g/mol. The molecule has 0 saturated carbocycles. The lowest BCUT2D eigenvalue weighted by atomic mass is 10.0. The van der Waals surface area contributed by atoms with E-state index in [4.69, 9.17) is 16.6 Å². The molecule has 0 fully saturated rings. The van der Waals surface area contributed by atoms with Crippen molar-refractivity contribution in [3.8, 4) is 0 Å². The Labute approximate surface area is 178 Å². The number of aliphatic imine (C=N–C) groups is 2. The summed E-state index contributed by atoms with van der Waals surface area (Å²) in [4.78, 5) is 35.9. The van der Waals surface area contributed by atoms with Crippen molar-refractivity contribution in [1.29, 1.82) is 0 Å². The summed E-state index contributed by atoms with van der Waals surface area (Å²) >= 11 is 7.39. The van der Waals surface area contributed by atoms with Crippen molar-refractivity contribution in [3.63, 3.8) is 0 Å². The van der Waals surface area contributed by atoms with Crippen molar-refractivity contribution in [2.24, 2.45) is 15.9 Å². The fourth-order valence-electron chi connectivity index (χ4n) is 3.35. The number of halogens is 1. The molecule has 29 heavy (non-hydrogen) atoms. The third-order valence-electron chi connectivity index (χ3n) is 4.65. The average Bonchev–Trinajstić information content (AvgIpc) is 3.05. The highest BCUT2D eigenvalue weighted by atomic mass is 35.5. The average molecular weight is 427 g/mol. The zero-order valence-corrected chi connectivity index (χ0v) is 17.5. The van der Waals surface area contributed by atoms with E-state index in [0.717, 1.165) is 11.3 Å². The summed E-state index contributed by atoms with van der Waals surface area (Å²) in [5.74, 6) is 0.412. The number of amides is 2. The summed E-state index contributed by atoms with van der Waals surface area (Å²) in [5.41, 5.74) is 2.14. The van der Waals surface area contributed by atoms with E-state index in [1.165, 1.54) is 11.8 Å². The number of nitrogens with one attached hydrogen (secondary N) is 1. The van der Waals surface area contributed by atoms with E-state index in [-0.39, 0.29) is 23.5 Å². The minimum atomic E-state index is -0.420. The predicted octanol–water partition coefficient (Wildman–Crippen LogP) is 4.33. The van der Waals surface area contributed by atoms with Crippen LogP contribution in [-0.4, -0.2) is 39.5 Å².